The fourth-order valence-corrected chi connectivity index (χ4v) is 2.63. The van der Waals surface area contributed by atoms with Gasteiger partial charge in [0.05, 0.1) is 6.26 Å². The van der Waals surface area contributed by atoms with Crippen LogP contribution in [0.2, 0.25) is 0 Å². The van der Waals surface area contributed by atoms with E-state index in [2.05, 4.69) is 11.3 Å². The van der Waals surface area contributed by atoms with Gasteiger partial charge in [0.1, 0.15) is 11.5 Å². The highest BCUT2D eigenvalue weighted by molar-refractivity contribution is 7.88. The Kier molecular flexibility index (Phi) is 5.99. The monoisotopic (exact) mass is 323 g/mol. The maximum atomic E-state index is 11.6. The molecule has 0 saturated heterocycles. The van der Waals surface area contributed by atoms with Crippen molar-refractivity contribution in [1.29, 1.82) is 0 Å². The van der Waals surface area contributed by atoms with Crippen LogP contribution in [-0.4, -0.2) is 33.8 Å². The summed E-state index contributed by atoms with van der Waals surface area (Å²) in [6.45, 7) is 3.69. The molecule has 1 rings (SSSR count). The zero-order valence-corrected chi connectivity index (χ0v) is 12.7. The Hall–Kier alpha value is -0.890. The molecular weight excluding hydrogens is 310 g/mol. The zero-order valence-electron chi connectivity index (χ0n) is 10.3. The maximum absolute atomic E-state index is 11.6. The van der Waals surface area contributed by atoms with Crippen molar-refractivity contribution in [3.05, 3.63) is 33.5 Å². The Morgan fingerprint density at radius 2 is 2.21 bits per heavy atom. The van der Waals surface area contributed by atoms with Gasteiger partial charge < -0.3 is 4.74 Å². The molecule has 106 valence electrons. The standard InChI is InChI=1S/C11H14ClNO4S2/c1-8(12)7-17-11(14)10-4-3-9(18-10)5-6-13-19(2,15)16/h3-4,13H,1,5-7H2,2H3. The summed E-state index contributed by atoms with van der Waals surface area (Å²) in [4.78, 5) is 12.9. The van der Waals surface area contributed by atoms with Crippen LogP contribution in [0, 0.1) is 0 Å². The van der Waals surface area contributed by atoms with E-state index in [1.54, 1.807) is 12.1 Å². The fraction of sp³-hybridized carbons (Fsp3) is 0.364. The second kappa shape index (κ2) is 7.04. The van der Waals surface area contributed by atoms with Crippen molar-refractivity contribution in [2.24, 2.45) is 0 Å². The molecule has 0 radical (unpaired) electrons. The van der Waals surface area contributed by atoms with E-state index in [0.717, 1.165) is 11.1 Å². The van der Waals surface area contributed by atoms with Gasteiger partial charge in [-0.2, -0.15) is 0 Å². The van der Waals surface area contributed by atoms with Crippen LogP contribution < -0.4 is 4.72 Å². The van der Waals surface area contributed by atoms with Crippen LogP contribution in [0.1, 0.15) is 14.5 Å². The Morgan fingerprint density at radius 1 is 1.53 bits per heavy atom. The normalized spacial score (nSPS) is 11.3. The number of hydrogen-bond acceptors (Lipinski definition) is 5. The highest BCUT2D eigenvalue weighted by Crippen LogP contribution is 2.18. The predicted octanol–water partition coefficient (Wildman–Crippen LogP) is 1.75. The molecule has 0 atom stereocenters. The number of ether oxygens (including phenoxy) is 1. The first-order chi connectivity index (χ1) is 8.78. The number of thiophene rings is 1. The van der Waals surface area contributed by atoms with E-state index in [0.29, 0.717) is 17.8 Å². The maximum Gasteiger partial charge on any atom is 0.348 e. The lowest BCUT2D eigenvalue weighted by Crippen LogP contribution is -2.23. The van der Waals surface area contributed by atoms with E-state index in [1.165, 1.54) is 11.3 Å². The van der Waals surface area contributed by atoms with E-state index in [-0.39, 0.29) is 11.6 Å². The summed E-state index contributed by atoms with van der Waals surface area (Å²) in [5.74, 6) is -0.464. The topological polar surface area (TPSA) is 72.5 Å². The molecule has 0 spiro atoms. The molecule has 0 aromatic carbocycles. The number of halogens is 1. The van der Waals surface area contributed by atoms with Gasteiger partial charge in [-0.05, 0) is 18.6 Å². The lowest BCUT2D eigenvalue weighted by atomic mass is 10.3. The van der Waals surface area contributed by atoms with Gasteiger partial charge in [-0.3, -0.25) is 0 Å². The fourth-order valence-electron chi connectivity index (χ4n) is 1.20. The molecule has 0 bridgehead atoms. The molecule has 0 aliphatic rings. The molecule has 0 aliphatic heterocycles. The summed E-state index contributed by atoms with van der Waals surface area (Å²) < 4.78 is 29.0. The van der Waals surface area contributed by atoms with Crippen LogP contribution in [-0.2, 0) is 21.2 Å². The molecule has 8 heteroatoms. The highest BCUT2D eigenvalue weighted by atomic mass is 35.5. The van der Waals surface area contributed by atoms with Crippen LogP contribution in [0.15, 0.2) is 23.7 Å². The molecular formula is C11H14ClNO4S2. The average molecular weight is 324 g/mol. The van der Waals surface area contributed by atoms with E-state index in [1.807, 2.05) is 0 Å². The third kappa shape index (κ3) is 6.72. The van der Waals surface area contributed by atoms with Crippen molar-refractivity contribution in [2.45, 2.75) is 6.42 Å². The molecule has 0 fully saturated rings. The van der Waals surface area contributed by atoms with Gasteiger partial charge in [-0.25, -0.2) is 17.9 Å². The van der Waals surface area contributed by atoms with Crippen molar-refractivity contribution >= 4 is 38.9 Å². The van der Waals surface area contributed by atoms with E-state index in [4.69, 9.17) is 16.3 Å². The summed E-state index contributed by atoms with van der Waals surface area (Å²) >= 11 is 6.75. The van der Waals surface area contributed by atoms with Crippen LogP contribution in [0.5, 0.6) is 0 Å². The molecule has 19 heavy (non-hydrogen) atoms. The molecule has 1 N–H and O–H groups in total. The molecule has 0 saturated carbocycles. The Balaban J connectivity index is 2.48. The van der Waals surface area contributed by atoms with Gasteiger partial charge in [-0.15, -0.1) is 11.3 Å². The Labute approximate surface area is 121 Å². The molecule has 1 aromatic rings. The smallest absolute Gasteiger partial charge is 0.348 e. The second-order valence-corrected chi connectivity index (χ2v) is 7.31. The van der Waals surface area contributed by atoms with Crippen molar-refractivity contribution in [2.75, 3.05) is 19.4 Å². The summed E-state index contributed by atoms with van der Waals surface area (Å²) in [7, 11) is -3.18. The number of carbonyl (C=O) groups is 1. The average Bonchev–Trinajstić information content (AvgIpc) is 2.72. The first kappa shape index (κ1) is 16.2. The Bertz CT molecular complexity index is 565. The van der Waals surface area contributed by atoms with Crippen molar-refractivity contribution in [3.8, 4) is 0 Å². The van der Waals surface area contributed by atoms with E-state index in [9.17, 15) is 13.2 Å². The highest BCUT2D eigenvalue weighted by Gasteiger charge is 2.11. The number of esters is 1. The molecule has 1 heterocycles. The molecule has 1 aromatic heterocycles. The minimum Gasteiger partial charge on any atom is -0.456 e. The van der Waals surface area contributed by atoms with E-state index < -0.39 is 16.0 Å². The summed E-state index contributed by atoms with van der Waals surface area (Å²) in [5.41, 5.74) is 0. The summed E-state index contributed by atoms with van der Waals surface area (Å²) in [5, 5.41) is 0.252. The van der Waals surface area contributed by atoms with Gasteiger partial charge >= 0.3 is 5.97 Å². The number of nitrogens with one attached hydrogen (secondary N) is 1. The van der Waals surface area contributed by atoms with Crippen LogP contribution in [0.4, 0.5) is 0 Å². The number of carbonyl (C=O) groups excluding carboxylic acids is 1. The molecule has 5 nitrogen and oxygen atoms in total. The number of sulfonamides is 1. The van der Waals surface area contributed by atoms with Gasteiger partial charge in [0, 0.05) is 16.5 Å². The van der Waals surface area contributed by atoms with Crippen LogP contribution in [0.3, 0.4) is 0 Å². The van der Waals surface area contributed by atoms with E-state index >= 15 is 0 Å². The molecule has 0 aliphatic carbocycles. The SMILES string of the molecule is C=C(Cl)COC(=O)c1ccc(CCNS(C)(=O)=O)s1. The number of rotatable bonds is 7. The largest absolute Gasteiger partial charge is 0.456 e. The minimum absolute atomic E-state index is 0.0245. The molecule has 0 unspecified atom stereocenters. The van der Waals surface area contributed by atoms with Crippen LogP contribution >= 0.6 is 22.9 Å². The summed E-state index contributed by atoms with van der Waals surface area (Å²) in [6.07, 6.45) is 1.62. The molecule has 0 amide bonds. The Morgan fingerprint density at radius 3 is 2.79 bits per heavy atom. The predicted molar refractivity (Wildman–Crippen MR) is 76.1 cm³/mol. The van der Waals surface area contributed by atoms with Crippen molar-refractivity contribution in [3.63, 3.8) is 0 Å². The second-order valence-electron chi connectivity index (χ2n) is 3.78. The van der Waals surface area contributed by atoms with Crippen molar-refractivity contribution in [1.82, 2.24) is 4.72 Å². The third-order valence-electron chi connectivity index (χ3n) is 1.96. The first-order valence-corrected chi connectivity index (χ1v) is 8.40. The third-order valence-corrected chi connectivity index (χ3v) is 3.92. The summed E-state index contributed by atoms with van der Waals surface area (Å²) in [6, 6.07) is 3.40. The van der Waals surface area contributed by atoms with Gasteiger partial charge in [0.15, 0.2) is 0 Å². The van der Waals surface area contributed by atoms with Gasteiger partial charge in [-0.1, -0.05) is 18.2 Å². The van der Waals surface area contributed by atoms with Crippen molar-refractivity contribution < 1.29 is 17.9 Å². The number of hydrogen-bond donors (Lipinski definition) is 1. The van der Waals surface area contributed by atoms with Gasteiger partial charge in [0.25, 0.3) is 0 Å². The lowest BCUT2D eigenvalue weighted by molar-refractivity contribution is 0.0552. The quantitative estimate of drug-likeness (QED) is 0.776. The van der Waals surface area contributed by atoms with Gasteiger partial charge in [0.2, 0.25) is 10.0 Å². The van der Waals surface area contributed by atoms with Crippen LogP contribution in [0.25, 0.3) is 0 Å². The minimum atomic E-state index is -3.18. The zero-order chi connectivity index (χ0) is 14.5. The first-order valence-electron chi connectivity index (χ1n) is 5.31. The lowest BCUT2D eigenvalue weighted by Gasteiger charge is -2.01.